The van der Waals surface area contributed by atoms with Gasteiger partial charge in [0.25, 0.3) is 0 Å². The molecule has 0 spiro atoms. The Hall–Kier alpha value is -1.47. The Morgan fingerprint density at radius 3 is 2.61 bits per heavy atom. The lowest BCUT2D eigenvalue weighted by Gasteiger charge is -2.21. The van der Waals surface area contributed by atoms with Crippen LogP contribution in [-0.2, 0) is 15.3 Å². The predicted molar refractivity (Wildman–Crippen MR) is 88.4 cm³/mol. The third-order valence-corrected chi connectivity index (χ3v) is 3.87. The minimum atomic E-state index is -1.18. The van der Waals surface area contributed by atoms with Crippen molar-refractivity contribution in [1.82, 2.24) is 5.32 Å². The molecule has 128 valence electrons. The van der Waals surface area contributed by atoms with E-state index < -0.39 is 29.5 Å². The molecule has 1 rings (SSSR count). The molecule has 0 aromatic heterocycles. The maximum absolute atomic E-state index is 13.6. The smallest absolute Gasteiger partial charge is 0.408 e. The van der Waals surface area contributed by atoms with E-state index in [4.69, 9.17) is 21.4 Å². The maximum Gasteiger partial charge on any atom is 0.408 e. The topological polar surface area (TPSA) is 75.6 Å². The number of benzene rings is 1. The summed E-state index contributed by atoms with van der Waals surface area (Å²) in [5.41, 5.74) is -0.298. The van der Waals surface area contributed by atoms with Gasteiger partial charge in [0.05, 0.1) is 0 Å². The third-order valence-electron chi connectivity index (χ3n) is 2.55. The van der Waals surface area contributed by atoms with Crippen molar-refractivity contribution in [2.24, 2.45) is 0 Å². The van der Waals surface area contributed by atoms with Crippen molar-refractivity contribution in [3.63, 3.8) is 0 Å². The summed E-state index contributed by atoms with van der Waals surface area (Å²) in [4.78, 5) is 22.8. The third kappa shape index (κ3) is 7.56. The predicted octanol–water partition coefficient (Wildman–Crippen LogP) is 3.69. The highest BCUT2D eigenvalue weighted by atomic mass is 35.5. The molecule has 8 heteroatoms. The molecule has 0 heterocycles. The normalized spacial score (nSPS) is 12.6. The van der Waals surface area contributed by atoms with Crippen LogP contribution < -0.4 is 5.32 Å². The van der Waals surface area contributed by atoms with E-state index in [-0.39, 0.29) is 11.5 Å². The van der Waals surface area contributed by atoms with Gasteiger partial charge in [0, 0.05) is 16.5 Å². The van der Waals surface area contributed by atoms with Gasteiger partial charge >= 0.3 is 12.1 Å². The average Bonchev–Trinajstić information content (AvgIpc) is 2.37. The molecule has 23 heavy (non-hydrogen) atoms. The number of carboxylic acid groups (broad SMARTS) is 1. The van der Waals surface area contributed by atoms with Gasteiger partial charge in [-0.1, -0.05) is 17.7 Å². The summed E-state index contributed by atoms with van der Waals surface area (Å²) in [6.07, 6.45) is -0.803. The first-order valence-corrected chi connectivity index (χ1v) is 8.36. The fraction of sp³-hybridized carbons (Fsp3) is 0.467. The molecule has 0 radical (unpaired) electrons. The van der Waals surface area contributed by atoms with Gasteiger partial charge < -0.3 is 15.2 Å². The number of carbonyl (C=O) groups is 2. The Kier molecular flexibility index (Phi) is 7.15. The van der Waals surface area contributed by atoms with E-state index in [0.717, 1.165) is 0 Å². The first-order valence-electron chi connectivity index (χ1n) is 6.82. The van der Waals surface area contributed by atoms with Crippen molar-refractivity contribution < 1.29 is 23.8 Å². The van der Waals surface area contributed by atoms with E-state index in [9.17, 15) is 14.0 Å². The standard InChI is InChI=1S/C15H19ClFNO4S/c1-15(2,3)22-14(21)18-12(13(19)20)8-23-7-9-4-5-10(16)6-11(9)17/h4-6,12H,7-8H2,1-3H3,(H,18,21)(H,19,20). The number of hydrogen-bond acceptors (Lipinski definition) is 4. The molecule has 0 aliphatic heterocycles. The van der Waals surface area contributed by atoms with E-state index in [0.29, 0.717) is 10.6 Å². The number of aliphatic carboxylic acids is 1. The van der Waals surface area contributed by atoms with Crippen LogP contribution in [0.1, 0.15) is 26.3 Å². The van der Waals surface area contributed by atoms with Gasteiger partial charge in [-0.15, -0.1) is 0 Å². The molecule has 1 aromatic carbocycles. The first kappa shape index (κ1) is 19.6. The molecule has 2 N–H and O–H groups in total. The molecule has 0 saturated carbocycles. The summed E-state index contributed by atoms with van der Waals surface area (Å²) in [5, 5.41) is 11.7. The minimum absolute atomic E-state index is 0.0800. The number of alkyl carbamates (subject to hydrolysis) is 1. The summed E-state index contributed by atoms with van der Waals surface area (Å²) in [5.74, 6) is -1.28. The summed E-state index contributed by atoms with van der Waals surface area (Å²) in [6, 6.07) is 3.19. The van der Waals surface area contributed by atoms with Crippen LogP contribution >= 0.6 is 23.4 Å². The average molecular weight is 364 g/mol. The van der Waals surface area contributed by atoms with Crippen molar-refractivity contribution in [3.8, 4) is 0 Å². The highest BCUT2D eigenvalue weighted by molar-refractivity contribution is 7.98. The second-order valence-corrected chi connectivity index (χ2v) is 7.25. The fourth-order valence-corrected chi connectivity index (χ4v) is 2.74. The molecular weight excluding hydrogens is 345 g/mol. The van der Waals surface area contributed by atoms with Crippen LogP contribution in [0.4, 0.5) is 9.18 Å². The van der Waals surface area contributed by atoms with Crippen LogP contribution in [0, 0.1) is 5.82 Å². The molecule has 0 saturated heterocycles. The van der Waals surface area contributed by atoms with E-state index in [1.165, 1.54) is 17.8 Å². The van der Waals surface area contributed by atoms with Crippen LogP contribution in [0.15, 0.2) is 18.2 Å². The lowest BCUT2D eigenvalue weighted by molar-refractivity contribution is -0.138. The molecule has 0 aliphatic rings. The molecule has 1 atom stereocenters. The SMILES string of the molecule is CC(C)(C)OC(=O)NC(CSCc1ccc(Cl)cc1F)C(=O)O. The quantitative estimate of drug-likeness (QED) is 0.806. The zero-order valence-corrected chi connectivity index (χ0v) is 14.6. The van der Waals surface area contributed by atoms with Gasteiger partial charge in [0.2, 0.25) is 0 Å². The largest absolute Gasteiger partial charge is 0.480 e. The Bertz CT molecular complexity index is 577. The van der Waals surface area contributed by atoms with Gasteiger partial charge in [0.15, 0.2) is 0 Å². The molecule has 1 unspecified atom stereocenters. The molecule has 0 bridgehead atoms. The van der Waals surface area contributed by atoms with Crippen molar-refractivity contribution in [3.05, 3.63) is 34.6 Å². The minimum Gasteiger partial charge on any atom is -0.480 e. The van der Waals surface area contributed by atoms with Gasteiger partial charge in [-0.05, 0) is 38.5 Å². The van der Waals surface area contributed by atoms with Crippen molar-refractivity contribution in [2.75, 3.05) is 5.75 Å². The molecule has 0 fully saturated rings. The first-order chi connectivity index (χ1) is 10.6. The second-order valence-electron chi connectivity index (χ2n) is 5.79. The van der Waals surface area contributed by atoms with Crippen LogP contribution in [0.5, 0.6) is 0 Å². The maximum atomic E-state index is 13.6. The van der Waals surface area contributed by atoms with Crippen LogP contribution in [0.3, 0.4) is 0 Å². The lowest BCUT2D eigenvalue weighted by Crippen LogP contribution is -2.44. The number of rotatable bonds is 6. The Balaban J connectivity index is 2.53. The summed E-state index contributed by atoms with van der Waals surface area (Å²) in [7, 11) is 0. The second kappa shape index (κ2) is 8.40. The highest BCUT2D eigenvalue weighted by Crippen LogP contribution is 2.20. The molecule has 1 aromatic rings. The monoisotopic (exact) mass is 363 g/mol. The molecule has 5 nitrogen and oxygen atoms in total. The number of halogens is 2. The van der Waals surface area contributed by atoms with Crippen molar-refractivity contribution in [1.29, 1.82) is 0 Å². The van der Waals surface area contributed by atoms with Gasteiger partial charge in [-0.25, -0.2) is 14.0 Å². The fourth-order valence-electron chi connectivity index (χ4n) is 1.55. The molecule has 1 amide bonds. The van der Waals surface area contributed by atoms with E-state index >= 15 is 0 Å². The zero-order valence-electron chi connectivity index (χ0n) is 13.1. The van der Waals surface area contributed by atoms with E-state index in [1.807, 2.05) is 0 Å². The number of amides is 1. The summed E-state index contributed by atoms with van der Waals surface area (Å²) < 4.78 is 18.6. The zero-order chi connectivity index (χ0) is 17.6. The summed E-state index contributed by atoms with van der Waals surface area (Å²) >= 11 is 6.86. The van der Waals surface area contributed by atoms with Crippen LogP contribution in [0.2, 0.25) is 5.02 Å². The number of ether oxygens (including phenoxy) is 1. The van der Waals surface area contributed by atoms with Gasteiger partial charge in [-0.2, -0.15) is 11.8 Å². The Morgan fingerprint density at radius 2 is 2.09 bits per heavy atom. The van der Waals surface area contributed by atoms with Gasteiger partial charge in [-0.3, -0.25) is 0 Å². The molecular formula is C15H19ClFNO4S. The van der Waals surface area contributed by atoms with E-state index in [2.05, 4.69) is 5.32 Å². The summed E-state index contributed by atoms with van der Waals surface area (Å²) in [6.45, 7) is 5.04. The Labute approximate surface area is 143 Å². The number of hydrogen-bond donors (Lipinski definition) is 2. The highest BCUT2D eigenvalue weighted by Gasteiger charge is 2.24. The Morgan fingerprint density at radius 1 is 1.43 bits per heavy atom. The number of nitrogens with one attached hydrogen (secondary N) is 1. The van der Waals surface area contributed by atoms with E-state index in [1.54, 1.807) is 32.9 Å². The molecule has 0 aliphatic carbocycles. The van der Waals surface area contributed by atoms with Crippen LogP contribution in [-0.4, -0.2) is 34.6 Å². The van der Waals surface area contributed by atoms with Crippen molar-refractivity contribution >= 4 is 35.4 Å². The van der Waals surface area contributed by atoms with Gasteiger partial charge in [0.1, 0.15) is 17.5 Å². The number of thioether (sulfide) groups is 1. The number of carbonyl (C=O) groups excluding carboxylic acids is 1. The lowest BCUT2D eigenvalue weighted by atomic mass is 10.2. The number of carboxylic acids is 1. The van der Waals surface area contributed by atoms with Crippen molar-refractivity contribution in [2.45, 2.75) is 38.2 Å². The van der Waals surface area contributed by atoms with Crippen LogP contribution in [0.25, 0.3) is 0 Å².